The van der Waals surface area contributed by atoms with Crippen molar-refractivity contribution in [3.63, 3.8) is 0 Å². The number of ether oxygens (including phenoxy) is 2. The topological polar surface area (TPSA) is 64.6 Å². The summed E-state index contributed by atoms with van der Waals surface area (Å²) in [6, 6.07) is 8.64. The number of rotatable bonds is 6. The molecule has 1 aromatic carbocycles. The van der Waals surface area contributed by atoms with Crippen molar-refractivity contribution < 1.29 is 19.1 Å². The first-order chi connectivity index (χ1) is 11.0. The van der Waals surface area contributed by atoms with Crippen molar-refractivity contribution >= 4 is 11.9 Å². The zero-order valence-electron chi connectivity index (χ0n) is 15.5. The standard InChI is InChI=1S/C19H29NO4/c1-18(2,3)16(21)15(13-24-19(4,5)6)20-17(22)23-12-14-10-8-7-9-11-14/h7-11,15H,12-13H2,1-6H3,(H,20,22). The second-order valence-corrected chi connectivity index (χ2v) is 7.80. The van der Waals surface area contributed by atoms with Crippen molar-refractivity contribution in [1.29, 1.82) is 0 Å². The minimum Gasteiger partial charge on any atom is -0.445 e. The Morgan fingerprint density at radius 3 is 2.12 bits per heavy atom. The van der Waals surface area contributed by atoms with Crippen LogP contribution in [-0.2, 0) is 20.9 Å². The summed E-state index contributed by atoms with van der Waals surface area (Å²) in [5.74, 6) is -0.0941. The third kappa shape index (κ3) is 7.59. The lowest BCUT2D eigenvalue weighted by Crippen LogP contribution is -2.49. The van der Waals surface area contributed by atoms with Gasteiger partial charge >= 0.3 is 6.09 Å². The molecule has 0 saturated heterocycles. The van der Waals surface area contributed by atoms with Crippen molar-refractivity contribution in [3.8, 4) is 0 Å². The molecule has 0 aliphatic heterocycles. The Morgan fingerprint density at radius 2 is 1.62 bits per heavy atom. The molecule has 0 aliphatic rings. The van der Waals surface area contributed by atoms with E-state index in [9.17, 15) is 9.59 Å². The van der Waals surface area contributed by atoms with Gasteiger partial charge in [-0.25, -0.2) is 4.79 Å². The van der Waals surface area contributed by atoms with Gasteiger partial charge in [0.1, 0.15) is 12.6 Å². The quantitative estimate of drug-likeness (QED) is 0.860. The minimum absolute atomic E-state index is 0.0941. The molecule has 0 spiro atoms. The number of carbonyl (C=O) groups is 2. The van der Waals surface area contributed by atoms with Gasteiger partial charge in [-0.05, 0) is 26.3 Å². The van der Waals surface area contributed by atoms with Crippen LogP contribution in [0.15, 0.2) is 30.3 Å². The van der Waals surface area contributed by atoms with Gasteiger partial charge in [0, 0.05) is 5.41 Å². The third-order valence-corrected chi connectivity index (χ3v) is 3.24. The average molecular weight is 335 g/mol. The molecule has 0 fully saturated rings. The summed E-state index contributed by atoms with van der Waals surface area (Å²) in [4.78, 5) is 24.6. The molecule has 0 aliphatic carbocycles. The molecule has 0 radical (unpaired) electrons. The highest BCUT2D eigenvalue weighted by molar-refractivity contribution is 5.91. The summed E-state index contributed by atoms with van der Waals surface area (Å²) in [6.07, 6.45) is -0.626. The molecule has 1 unspecified atom stereocenters. The minimum atomic E-state index is -0.743. The molecular weight excluding hydrogens is 306 g/mol. The maximum absolute atomic E-state index is 12.5. The summed E-state index contributed by atoms with van der Waals surface area (Å²) in [7, 11) is 0. The SMILES string of the molecule is CC(C)(C)OCC(NC(=O)OCc1ccccc1)C(=O)C(C)(C)C. The highest BCUT2D eigenvalue weighted by Crippen LogP contribution is 2.18. The van der Waals surface area contributed by atoms with E-state index < -0.39 is 23.2 Å². The Labute approximate surface area is 144 Å². The first-order valence-electron chi connectivity index (χ1n) is 8.14. The second-order valence-electron chi connectivity index (χ2n) is 7.80. The molecule has 5 nitrogen and oxygen atoms in total. The van der Waals surface area contributed by atoms with Gasteiger partial charge in [0.05, 0.1) is 12.2 Å². The summed E-state index contributed by atoms with van der Waals surface area (Å²) in [5.41, 5.74) is -0.0951. The molecule has 1 aromatic rings. The molecule has 1 rings (SSSR count). The Kier molecular flexibility index (Phi) is 6.96. The first-order valence-corrected chi connectivity index (χ1v) is 8.14. The van der Waals surface area contributed by atoms with Gasteiger partial charge in [0.2, 0.25) is 0 Å². The van der Waals surface area contributed by atoms with E-state index in [1.165, 1.54) is 0 Å². The van der Waals surface area contributed by atoms with Crippen LogP contribution in [0.1, 0.15) is 47.1 Å². The molecule has 1 N–H and O–H groups in total. The average Bonchev–Trinajstić information content (AvgIpc) is 2.48. The molecule has 0 aromatic heterocycles. The Morgan fingerprint density at radius 1 is 1.04 bits per heavy atom. The van der Waals surface area contributed by atoms with Crippen molar-refractivity contribution in [2.24, 2.45) is 5.41 Å². The van der Waals surface area contributed by atoms with E-state index in [-0.39, 0.29) is 19.0 Å². The van der Waals surface area contributed by atoms with Crippen molar-refractivity contribution in [2.75, 3.05) is 6.61 Å². The van der Waals surface area contributed by atoms with E-state index in [0.717, 1.165) is 5.56 Å². The van der Waals surface area contributed by atoms with E-state index in [0.29, 0.717) is 0 Å². The van der Waals surface area contributed by atoms with E-state index in [1.807, 2.05) is 71.9 Å². The Bertz CT molecular complexity index is 541. The van der Waals surface area contributed by atoms with Gasteiger partial charge < -0.3 is 14.8 Å². The van der Waals surface area contributed by atoms with Crippen LogP contribution in [0, 0.1) is 5.41 Å². The number of benzene rings is 1. The largest absolute Gasteiger partial charge is 0.445 e. The van der Waals surface area contributed by atoms with Gasteiger partial charge in [-0.2, -0.15) is 0 Å². The second kappa shape index (κ2) is 8.29. The number of hydrogen-bond acceptors (Lipinski definition) is 4. The van der Waals surface area contributed by atoms with Gasteiger partial charge in [-0.3, -0.25) is 4.79 Å². The lowest BCUT2D eigenvalue weighted by Gasteiger charge is -2.28. The van der Waals surface area contributed by atoms with Crippen LogP contribution >= 0.6 is 0 Å². The molecule has 1 atom stereocenters. The van der Waals surface area contributed by atoms with Crippen LogP contribution in [-0.4, -0.2) is 30.1 Å². The number of nitrogens with one attached hydrogen (secondary N) is 1. The number of Topliss-reactive ketones (excluding diaryl/α,β-unsaturated/α-hetero) is 1. The summed E-state index contributed by atoms with van der Waals surface area (Å²) in [5, 5.41) is 2.63. The summed E-state index contributed by atoms with van der Waals surface area (Å²) < 4.78 is 10.9. The predicted molar refractivity (Wildman–Crippen MR) is 93.7 cm³/mol. The summed E-state index contributed by atoms with van der Waals surface area (Å²) >= 11 is 0. The van der Waals surface area contributed by atoms with Crippen LogP contribution in [0.4, 0.5) is 4.79 Å². The summed E-state index contributed by atoms with van der Waals surface area (Å²) in [6.45, 7) is 11.4. The van der Waals surface area contributed by atoms with E-state index in [2.05, 4.69) is 5.32 Å². The fourth-order valence-corrected chi connectivity index (χ4v) is 1.95. The monoisotopic (exact) mass is 335 g/mol. The van der Waals surface area contributed by atoms with Crippen LogP contribution in [0.3, 0.4) is 0 Å². The zero-order chi connectivity index (χ0) is 18.4. The van der Waals surface area contributed by atoms with E-state index in [4.69, 9.17) is 9.47 Å². The highest BCUT2D eigenvalue weighted by atomic mass is 16.5. The van der Waals surface area contributed by atoms with Crippen LogP contribution < -0.4 is 5.32 Å². The maximum Gasteiger partial charge on any atom is 0.408 e. The number of alkyl carbamates (subject to hydrolysis) is 1. The van der Waals surface area contributed by atoms with Crippen molar-refractivity contribution in [3.05, 3.63) is 35.9 Å². The number of amides is 1. The smallest absolute Gasteiger partial charge is 0.408 e. The molecule has 0 saturated carbocycles. The van der Waals surface area contributed by atoms with E-state index in [1.54, 1.807) is 0 Å². The molecular formula is C19H29NO4. The first kappa shape index (κ1) is 20.2. The number of ketones is 1. The molecule has 134 valence electrons. The molecule has 5 heteroatoms. The maximum atomic E-state index is 12.5. The number of carbonyl (C=O) groups excluding carboxylic acids is 2. The molecule has 0 heterocycles. The fraction of sp³-hybridized carbons (Fsp3) is 0.579. The highest BCUT2D eigenvalue weighted by Gasteiger charge is 2.32. The Hall–Kier alpha value is -1.88. The van der Waals surface area contributed by atoms with Gasteiger partial charge in [0.25, 0.3) is 0 Å². The molecule has 1 amide bonds. The van der Waals surface area contributed by atoms with Gasteiger partial charge in [-0.1, -0.05) is 51.1 Å². The lowest BCUT2D eigenvalue weighted by atomic mass is 9.86. The predicted octanol–water partition coefficient (Wildman–Crippen LogP) is 3.71. The molecule has 24 heavy (non-hydrogen) atoms. The lowest BCUT2D eigenvalue weighted by molar-refractivity contribution is -0.131. The van der Waals surface area contributed by atoms with Gasteiger partial charge in [0.15, 0.2) is 5.78 Å². The zero-order valence-corrected chi connectivity index (χ0v) is 15.5. The van der Waals surface area contributed by atoms with Crippen molar-refractivity contribution in [2.45, 2.75) is 59.8 Å². The van der Waals surface area contributed by atoms with Crippen LogP contribution in [0.25, 0.3) is 0 Å². The van der Waals surface area contributed by atoms with Crippen molar-refractivity contribution in [1.82, 2.24) is 5.32 Å². The number of hydrogen-bond donors (Lipinski definition) is 1. The van der Waals surface area contributed by atoms with Crippen LogP contribution in [0.2, 0.25) is 0 Å². The normalized spacial score (nSPS) is 13.2. The van der Waals surface area contributed by atoms with Gasteiger partial charge in [-0.15, -0.1) is 0 Å². The van der Waals surface area contributed by atoms with Crippen LogP contribution in [0.5, 0.6) is 0 Å². The Balaban J connectivity index is 2.65. The third-order valence-electron chi connectivity index (χ3n) is 3.24. The fourth-order valence-electron chi connectivity index (χ4n) is 1.95. The molecule has 0 bridgehead atoms. The van der Waals surface area contributed by atoms with E-state index >= 15 is 0 Å².